The number of halogens is 2. The molecule has 1 aliphatic rings. The zero-order valence-corrected chi connectivity index (χ0v) is 15.1. The van der Waals surface area contributed by atoms with Gasteiger partial charge in [-0.15, -0.1) is 0 Å². The summed E-state index contributed by atoms with van der Waals surface area (Å²) in [6, 6.07) is 9.27. The van der Waals surface area contributed by atoms with E-state index in [0.717, 1.165) is 12.1 Å². The van der Waals surface area contributed by atoms with Gasteiger partial charge < -0.3 is 14.4 Å². The molecule has 0 aliphatic carbocycles. The van der Waals surface area contributed by atoms with Crippen molar-refractivity contribution < 1.29 is 18.3 Å². The van der Waals surface area contributed by atoms with E-state index in [9.17, 15) is 8.78 Å². The van der Waals surface area contributed by atoms with Gasteiger partial charge in [-0.3, -0.25) is 0 Å². The molecule has 0 N–H and O–H groups in total. The van der Waals surface area contributed by atoms with Crippen molar-refractivity contribution in [1.29, 1.82) is 0 Å². The second kappa shape index (κ2) is 7.41. The van der Waals surface area contributed by atoms with Crippen LogP contribution in [0.2, 0.25) is 0 Å². The van der Waals surface area contributed by atoms with Gasteiger partial charge in [-0.2, -0.15) is 0 Å². The second-order valence-electron chi connectivity index (χ2n) is 6.46. The summed E-state index contributed by atoms with van der Waals surface area (Å²) in [5.41, 5.74) is 0.827. The normalized spacial score (nSPS) is 15.7. The summed E-state index contributed by atoms with van der Waals surface area (Å²) in [5, 5.41) is 0. The molecule has 0 amide bonds. The SMILES string of the molecule is CCN(C)C=Nc1cc(C)c(C2(Oc3ccccc3F)COC2)cc1F. The summed E-state index contributed by atoms with van der Waals surface area (Å²) in [7, 11) is 1.87. The fraction of sp³-hybridized carbons (Fsp3) is 0.350. The molecule has 26 heavy (non-hydrogen) atoms. The minimum Gasteiger partial charge on any atom is -0.475 e. The summed E-state index contributed by atoms with van der Waals surface area (Å²) in [6.45, 7) is 5.10. The van der Waals surface area contributed by atoms with E-state index in [1.54, 1.807) is 30.6 Å². The highest BCUT2D eigenvalue weighted by atomic mass is 19.1. The first-order valence-electron chi connectivity index (χ1n) is 8.51. The number of hydrogen-bond donors (Lipinski definition) is 0. The van der Waals surface area contributed by atoms with E-state index in [4.69, 9.17) is 9.47 Å². The first-order chi connectivity index (χ1) is 12.4. The zero-order chi connectivity index (χ0) is 18.7. The third-order valence-corrected chi connectivity index (χ3v) is 4.49. The molecule has 0 aromatic heterocycles. The molecule has 0 bridgehead atoms. The Labute approximate surface area is 152 Å². The Morgan fingerprint density at radius 3 is 2.58 bits per heavy atom. The highest BCUT2D eigenvalue weighted by Crippen LogP contribution is 2.39. The first kappa shape index (κ1) is 18.3. The highest BCUT2D eigenvalue weighted by Gasteiger charge is 2.45. The van der Waals surface area contributed by atoms with Crippen LogP contribution in [-0.2, 0) is 10.3 Å². The van der Waals surface area contributed by atoms with Crippen molar-refractivity contribution in [2.45, 2.75) is 19.4 Å². The van der Waals surface area contributed by atoms with E-state index < -0.39 is 17.2 Å². The van der Waals surface area contributed by atoms with Crippen LogP contribution in [0.15, 0.2) is 41.4 Å². The van der Waals surface area contributed by atoms with Crippen molar-refractivity contribution in [3.8, 4) is 5.75 Å². The predicted molar refractivity (Wildman–Crippen MR) is 97.1 cm³/mol. The topological polar surface area (TPSA) is 34.1 Å². The molecule has 1 heterocycles. The quantitative estimate of drug-likeness (QED) is 0.572. The number of ether oxygens (including phenoxy) is 2. The molecule has 138 valence electrons. The Morgan fingerprint density at radius 1 is 1.23 bits per heavy atom. The van der Waals surface area contributed by atoms with Crippen molar-refractivity contribution in [3.05, 3.63) is 59.2 Å². The number of para-hydroxylation sites is 1. The van der Waals surface area contributed by atoms with Gasteiger partial charge in [-0.25, -0.2) is 13.8 Å². The Kier molecular flexibility index (Phi) is 5.23. The molecule has 1 saturated heterocycles. The van der Waals surface area contributed by atoms with Gasteiger partial charge in [0.15, 0.2) is 17.2 Å². The largest absolute Gasteiger partial charge is 0.475 e. The van der Waals surface area contributed by atoms with Crippen molar-refractivity contribution in [2.24, 2.45) is 4.99 Å². The summed E-state index contributed by atoms with van der Waals surface area (Å²) in [5.74, 6) is -0.780. The number of benzene rings is 2. The lowest BCUT2D eigenvalue weighted by Crippen LogP contribution is -2.52. The average Bonchev–Trinajstić information content (AvgIpc) is 2.60. The summed E-state index contributed by atoms with van der Waals surface area (Å²) in [6.07, 6.45) is 1.59. The first-order valence-corrected chi connectivity index (χ1v) is 8.51. The molecule has 0 radical (unpaired) electrons. The third-order valence-electron chi connectivity index (χ3n) is 4.49. The minimum absolute atomic E-state index is 0.127. The molecule has 2 aromatic rings. The van der Waals surface area contributed by atoms with Crippen LogP contribution in [0.5, 0.6) is 5.75 Å². The molecule has 2 aromatic carbocycles. The fourth-order valence-electron chi connectivity index (χ4n) is 2.79. The second-order valence-corrected chi connectivity index (χ2v) is 6.46. The smallest absolute Gasteiger partial charge is 0.181 e. The van der Waals surface area contributed by atoms with Crippen LogP contribution in [0.3, 0.4) is 0 Å². The predicted octanol–water partition coefficient (Wildman–Crippen LogP) is 4.19. The third kappa shape index (κ3) is 3.55. The van der Waals surface area contributed by atoms with Crippen molar-refractivity contribution in [1.82, 2.24) is 4.90 Å². The van der Waals surface area contributed by atoms with Crippen LogP contribution >= 0.6 is 0 Å². The van der Waals surface area contributed by atoms with Crippen LogP contribution in [-0.4, -0.2) is 38.0 Å². The maximum atomic E-state index is 14.6. The van der Waals surface area contributed by atoms with E-state index in [2.05, 4.69) is 4.99 Å². The molecule has 0 spiro atoms. The minimum atomic E-state index is -0.893. The highest BCUT2D eigenvalue weighted by molar-refractivity contribution is 5.62. The van der Waals surface area contributed by atoms with Gasteiger partial charge >= 0.3 is 0 Å². The lowest BCUT2D eigenvalue weighted by atomic mass is 9.87. The number of hydrogen-bond acceptors (Lipinski definition) is 3. The van der Waals surface area contributed by atoms with Gasteiger partial charge in [-0.05, 0) is 43.7 Å². The lowest BCUT2D eigenvalue weighted by molar-refractivity contribution is -0.169. The van der Waals surface area contributed by atoms with Gasteiger partial charge in [0.25, 0.3) is 0 Å². The van der Waals surface area contributed by atoms with Gasteiger partial charge in [-0.1, -0.05) is 12.1 Å². The molecule has 1 aliphatic heterocycles. The Bertz CT molecular complexity index is 819. The molecule has 6 heteroatoms. The standard InChI is InChI=1S/C20H22F2N2O2/c1-4-24(3)13-23-18-9-14(2)15(10-17(18)22)20(11-25-12-20)26-19-8-6-5-7-16(19)21/h5-10,13H,4,11-12H2,1-3H3. The fourth-order valence-corrected chi connectivity index (χ4v) is 2.79. The molecule has 1 fully saturated rings. The molecule has 3 rings (SSSR count). The summed E-state index contributed by atoms with van der Waals surface area (Å²) in [4.78, 5) is 6.05. The lowest BCUT2D eigenvalue weighted by Gasteiger charge is -2.42. The molecular formula is C20H22F2N2O2. The summed E-state index contributed by atoms with van der Waals surface area (Å²) >= 11 is 0. The van der Waals surface area contributed by atoms with Crippen LogP contribution in [0, 0.1) is 18.6 Å². The molecule has 0 unspecified atom stereocenters. The van der Waals surface area contributed by atoms with E-state index in [0.29, 0.717) is 5.56 Å². The van der Waals surface area contributed by atoms with Gasteiger partial charge in [0.1, 0.15) is 11.5 Å². The zero-order valence-electron chi connectivity index (χ0n) is 15.1. The maximum Gasteiger partial charge on any atom is 0.181 e. The Morgan fingerprint density at radius 2 is 1.96 bits per heavy atom. The van der Waals surface area contributed by atoms with Gasteiger partial charge in [0, 0.05) is 19.2 Å². The molecule has 0 saturated carbocycles. The molecule has 4 nitrogen and oxygen atoms in total. The van der Waals surface area contributed by atoms with Crippen molar-refractivity contribution >= 4 is 12.0 Å². The van der Waals surface area contributed by atoms with E-state index in [-0.39, 0.29) is 24.7 Å². The van der Waals surface area contributed by atoms with Crippen LogP contribution in [0.4, 0.5) is 14.5 Å². The van der Waals surface area contributed by atoms with Crippen molar-refractivity contribution in [3.63, 3.8) is 0 Å². The molecular weight excluding hydrogens is 338 g/mol. The van der Waals surface area contributed by atoms with Gasteiger partial charge in [0.05, 0.1) is 19.6 Å². The Balaban J connectivity index is 1.93. The Hall–Kier alpha value is -2.47. The van der Waals surface area contributed by atoms with E-state index in [1.807, 2.05) is 25.8 Å². The van der Waals surface area contributed by atoms with Gasteiger partial charge in [0.2, 0.25) is 0 Å². The van der Waals surface area contributed by atoms with Crippen molar-refractivity contribution in [2.75, 3.05) is 26.8 Å². The monoisotopic (exact) mass is 360 g/mol. The van der Waals surface area contributed by atoms with E-state index in [1.165, 1.54) is 12.1 Å². The van der Waals surface area contributed by atoms with Crippen LogP contribution in [0.1, 0.15) is 18.1 Å². The number of aliphatic imine (C=N–C) groups is 1. The van der Waals surface area contributed by atoms with Crippen LogP contribution in [0.25, 0.3) is 0 Å². The van der Waals surface area contributed by atoms with Crippen LogP contribution < -0.4 is 4.74 Å². The number of rotatable bonds is 6. The summed E-state index contributed by atoms with van der Waals surface area (Å²) < 4.78 is 39.8. The number of nitrogens with zero attached hydrogens (tertiary/aromatic N) is 2. The van der Waals surface area contributed by atoms with E-state index >= 15 is 0 Å². The molecule has 0 atom stereocenters. The number of aryl methyl sites for hydroxylation is 1. The average molecular weight is 360 g/mol. The maximum absolute atomic E-state index is 14.6.